The molecule has 1 aliphatic heterocycles. The minimum Gasteiger partial charge on any atom is -0.496 e. The topological polar surface area (TPSA) is 54.5 Å². The molecule has 0 unspecified atom stereocenters. The van der Waals surface area contributed by atoms with Crippen LogP contribution in [0.4, 0.5) is 0 Å². The highest BCUT2D eigenvalue weighted by Gasteiger charge is 2.36. The number of hydrogen-bond donors (Lipinski definition) is 1. The number of benzene rings is 1. The van der Waals surface area contributed by atoms with Crippen molar-refractivity contribution < 1.29 is 9.53 Å². The number of hydrogen-bond acceptors (Lipinski definition) is 4. The maximum absolute atomic E-state index is 13.3. The van der Waals surface area contributed by atoms with Gasteiger partial charge in [-0.3, -0.25) is 9.78 Å². The fourth-order valence-electron chi connectivity index (χ4n) is 5.63. The molecule has 1 saturated carbocycles. The van der Waals surface area contributed by atoms with Gasteiger partial charge < -0.3 is 15.0 Å². The molecule has 0 bridgehead atoms. The Kier molecular flexibility index (Phi) is 8.02. The van der Waals surface area contributed by atoms with Crippen molar-refractivity contribution in [1.29, 1.82) is 0 Å². The molecule has 178 valence electrons. The number of piperidine rings is 1. The van der Waals surface area contributed by atoms with Crippen molar-refractivity contribution in [3.63, 3.8) is 0 Å². The largest absolute Gasteiger partial charge is 0.496 e. The summed E-state index contributed by atoms with van der Waals surface area (Å²) >= 11 is 0. The second-order valence-electron chi connectivity index (χ2n) is 10.2. The number of carbonyl (C=O) groups excluding carboxylic acids is 1. The molecule has 1 N–H and O–H groups in total. The van der Waals surface area contributed by atoms with Crippen LogP contribution in [0.2, 0.25) is 0 Å². The van der Waals surface area contributed by atoms with Gasteiger partial charge in [0.1, 0.15) is 5.75 Å². The van der Waals surface area contributed by atoms with Crippen molar-refractivity contribution in [2.24, 2.45) is 5.41 Å². The van der Waals surface area contributed by atoms with E-state index in [0.717, 1.165) is 70.3 Å². The van der Waals surface area contributed by atoms with Gasteiger partial charge in [0.05, 0.1) is 7.11 Å². The van der Waals surface area contributed by atoms with Crippen molar-refractivity contribution in [1.82, 2.24) is 15.2 Å². The molecule has 1 saturated heterocycles. The highest BCUT2D eigenvalue weighted by molar-refractivity contribution is 5.82. The summed E-state index contributed by atoms with van der Waals surface area (Å²) in [6.07, 6.45) is 12.4. The first-order chi connectivity index (χ1) is 16.1. The van der Waals surface area contributed by atoms with Crippen LogP contribution in [0.3, 0.4) is 0 Å². The minimum atomic E-state index is -0.220. The second-order valence-corrected chi connectivity index (χ2v) is 10.2. The van der Waals surface area contributed by atoms with E-state index in [1.54, 1.807) is 7.11 Å². The van der Waals surface area contributed by atoms with E-state index in [1.165, 1.54) is 17.5 Å². The molecule has 2 aromatic rings. The molecule has 0 radical (unpaired) electrons. The van der Waals surface area contributed by atoms with E-state index in [2.05, 4.69) is 46.4 Å². The van der Waals surface area contributed by atoms with Gasteiger partial charge in [0, 0.05) is 30.4 Å². The molecule has 5 heteroatoms. The lowest BCUT2D eigenvalue weighted by Crippen LogP contribution is -2.51. The Bertz CT molecular complexity index is 887. The number of carbonyl (C=O) groups is 1. The number of aromatic nitrogens is 1. The van der Waals surface area contributed by atoms with Crippen LogP contribution in [0.25, 0.3) is 0 Å². The van der Waals surface area contributed by atoms with Crippen molar-refractivity contribution in [3.8, 4) is 5.75 Å². The Balaban J connectivity index is 1.39. The van der Waals surface area contributed by atoms with Crippen LogP contribution in [0, 0.1) is 5.41 Å². The van der Waals surface area contributed by atoms with E-state index < -0.39 is 0 Å². The van der Waals surface area contributed by atoms with Crippen LogP contribution in [0.1, 0.15) is 68.9 Å². The first-order valence-corrected chi connectivity index (χ1v) is 12.6. The monoisotopic (exact) mass is 449 g/mol. The summed E-state index contributed by atoms with van der Waals surface area (Å²) in [5.74, 6) is 1.77. The average Bonchev–Trinajstić information content (AvgIpc) is 2.85. The van der Waals surface area contributed by atoms with Gasteiger partial charge in [-0.2, -0.15) is 0 Å². The van der Waals surface area contributed by atoms with E-state index >= 15 is 0 Å². The van der Waals surface area contributed by atoms with Crippen LogP contribution in [-0.2, 0) is 11.2 Å². The van der Waals surface area contributed by atoms with Gasteiger partial charge in [0.15, 0.2) is 0 Å². The standard InChI is InChI=1S/C28H39N3O2/c1-28(14-6-3-7-15-28)27(32)30-24(19-22-9-8-16-29-20-22)21-31-17-12-23(13-18-31)25-10-4-5-11-26(25)33-2/h4-5,8-11,16,20,23-24H,3,6-7,12-15,17-19,21H2,1-2H3,(H,30,32)/t24-/m1/s1. The summed E-state index contributed by atoms with van der Waals surface area (Å²) in [5.41, 5.74) is 2.29. The lowest BCUT2D eigenvalue weighted by molar-refractivity contribution is -0.132. The van der Waals surface area contributed by atoms with Gasteiger partial charge >= 0.3 is 0 Å². The zero-order valence-electron chi connectivity index (χ0n) is 20.3. The molecule has 2 aliphatic rings. The van der Waals surface area contributed by atoms with Gasteiger partial charge in [-0.15, -0.1) is 0 Å². The molecule has 4 rings (SSSR count). The Morgan fingerprint density at radius 2 is 1.91 bits per heavy atom. The van der Waals surface area contributed by atoms with Crippen LogP contribution < -0.4 is 10.1 Å². The first-order valence-electron chi connectivity index (χ1n) is 12.6. The van der Waals surface area contributed by atoms with E-state index in [9.17, 15) is 4.79 Å². The molecule has 5 nitrogen and oxygen atoms in total. The molecule has 1 atom stereocenters. The van der Waals surface area contributed by atoms with E-state index in [0.29, 0.717) is 5.92 Å². The SMILES string of the molecule is COc1ccccc1C1CCN(C[C@@H](Cc2cccnc2)NC(=O)C2(C)CCCCC2)CC1. The quantitative estimate of drug-likeness (QED) is 0.618. The normalized spacial score (nSPS) is 20.2. The van der Waals surface area contributed by atoms with Crippen molar-refractivity contribution in [2.75, 3.05) is 26.7 Å². The summed E-state index contributed by atoms with van der Waals surface area (Å²) in [4.78, 5) is 20.1. The molecule has 0 spiro atoms. The summed E-state index contributed by atoms with van der Waals surface area (Å²) in [7, 11) is 1.76. The second kappa shape index (κ2) is 11.1. The van der Waals surface area contributed by atoms with Crippen LogP contribution in [-0.4, -0.2) is 48.6 Å². The number of nitrogens with one attached hydrogen (secondary N) is 1. The lowest BCUT2D eigenvalue weighted by Gasteiger charge is -2.37. The van der Waals surface area contributed by atoms with Crippen molar-refractivity contribution in [3.05, 3.63) is 59.9 Å². The smallest absolute Gasteiger partial charge is 0.226 e. The molecule has 2 heterocycles. The van der Waals surface area contributed by atoms with E-state index in [-0.39, 0.29) is 17.4 Å². The Hall–Kier alpha value is -2.40. The third kappa shape index (κ3) is 6.14. The van der Waals surface area contributed by atoms with Gasteiger partial charge in [0.2, 0.25) is 5.91 Å². The summed E-state index contributed by atoms with van der Waals surface area (Å²) in [5, 5.41) is 3.46. The molecule has 1 aromatic carbocycles. The highest BCUT2D eigenvalue weighted by Crippen LogP contribution is 2.36. The first kappa shape index (κ1) is 23.7. The number of likely N-dealkylation sites (tertiary alicyclic amines) is 1. The maximum Gasteiger partial charge on any atom is 0.226 e. The third-order valence-electron chi connectivity index (χ3n) is 7.69. The number of methoxy groups -OCH3 is 1. The van der Waals surface area contributed by atoms with Gasteiger partial charge in [0.25, 0.3) is 0 Å². The molecule has 33 heavy (non-hydrogen) atoms. The van der Waals surface area contributed by atoms with Gasteiger partial charge in [-0.25, -0.2) is 0 Å². The number of rotatable bonds is 8. The maximum atomic E-state index is 13.3. The molecule has 2 fully saturated rings. The number of amides is 1. The fourth-order valence-corrected chi connectivity index (χ4v) is 5.63. The molecule has 1 aliphatic carbocycles. The molecule has 1 amide bonds. The van der Waals surface area contributed by atoms with Gasteiger partial charge in [-0.1, -0.05) is 50.5 Å². The fraction of sp³-hybridized carbons (Fsp3) is 0.571. The highest BCUT2D eigenvalue weighted by atomic mass is 16.5. The Morgan fingerprint density at radius 1 is 1.15 bits per heavy atom. The zero-order chi connectivity index (χ0) is 23.1. The predicted octanol–water partition coefficient (Wildman–Crippen LogP) is 4.97. The number of nitrogens with zero attached hydrogens (tertiary/aromatic N) is 2. The Morgan fingerprint density at radius 3 is 2.61 bits per heavy atom. The van der Waals surface area contributed by atoms with Gasteiger partial charge in [-0.05, 0) is 74.4 Å². The average molecular weight is 450 g/mol. The summed E-state index contributed by atoms with van der Waals surface area (Å²) < 4.78 is 5.60. The minimum absolute atomic E-state index is 0.100. The number of pyridine rings is 1. The predicted molar refractivity (Wildman–Crippen MR) is 132 cm³/mol. The Labute approximate surface area is 198 Å². The van der Waals surface area contributed by atoms with Crippen LogP contribution >= 0.6 is 0 Å². The number of para-hydroxylation sites is 1. The number of ether oxygens (including phenoxy) is 1. The van der Waals surface area contributed by atoms with Crippen LogP contribution in [0.5, 0.6) is 5.75 Å². The summed E-state index contributed by atoms with van der Waals surface area (Å²) in [6.45, 7) is 5.12. The molecule has 1 aromatic heterocycles. The lowest BCUT2D eigenvalue weighted by atomic mass is 9.75. The summed E-state index contributed by atoms with van der Waals surface area (Å²) in [6, 6.07) is 12.6. The van der Waals surface area contributed by atoms with E-state index in [1.807, 2.05) is 24.5 Å². The van der Waals surface area contributed by atoms with E-state index in [4.69, 9.17) is 4.74 Å². The molecular weight excluding hydrogens is 410 g/mol. The van der Waals surface area contributed by atoms with Crippen LogP contribution in [0.15, 0.2) is 48.8 Å². The van der Waals surface area contributed by atoms with Crippen molar-refractivity contribution >= 4 is 5.91 Å². The third-order valence-corrected chi connectivity index (χ3v) is 7.69. The van der Waals surface area contributed by atoms with Crippen molar-refractivity contribution in [2.45, 2.75) is 70.3 Å². The molecular formula is C28H39N3O2. The zero-order valence-corrected chi connectivity index (χ0v) is 20.3.